The van der Waals surface area contributed by atoms with E-state index in [1.54, 1.807) is 0 Å². The molecule has 3 heterocycles. The highest BCUT2D eigenvalue weighted by atomic mass is 32.2. The minimum absolute atomic E-state index is 0.220. The summed E-state index contributed by atoms with van der Waals surface area (Å²) in [5, 5.41) is 3.32. The van der Waals surface area contributed by atoms with E-state index >= 15 is 0 Å². The second-order valence-electron chi connectivity index (χ2n) is 6.28. The molecular formula is C17H19N3O4S2. The van der Waals surface area contributed by atoms with E-state index < -0.39 is 10.0 Å². The molecule has 4 rings (SSSR count). The molecule has 26 heavy (non-hydrogen) atoms. The smallest absolute Gasteiger partial charge is 0.257 e. The van der Waals surface area contributed by atoms with E-state index in [1.807, 2.05) is 0 Å². The second kappa shape index (κ2) is 7.07. The molecule has 0 spiro atoms. The molecule has 2 aromatic rings. The fourth-order valence-corrected chi connectivity index (χ4v) is 5.56. The average Bonchev–Trinajstić information content (AvgIpc) is 3.31. The lowest BCUT2D eigenvalue weighted by molar-refractivity contribution is 0.102. The molecule has 0 saturated carbocycles. The van der Waals surface area contributed by atoms with Crippen LogP contribution in [-0.2, 0) is 27.8 Å². The van der Waals surface area contributed by atoms with Crippen molar-refractivity contribution in [3.05, 3.63) is 40.4 Å². The highest BCUT2D eigenvalue weighted by molar-refractivity contribution is 7.89. The average molecular weight is 393 g/mol. The second-order valence-corrected chi connectivity index (χ2v) is 9.30. The maximum Gasteiger partial charge on any atom is 0.257 e. The quantitative estimate of drug-likeness (QED) is 0.861. The van der Waals surface area contributed by atoms with E-state index in [2.05, 4.69) is 10.3 Å². The topological polar surface area (TPSA) is 88.6 Å². The van der Waals surface area contributed by atoms with Gasteiger partial charge in [-0.25, -0.2) is 13.4 Å². The van der Waals surface area contributed by atoms with Gasteiger partial charge >= 0.3 is 0 Å². The monoisotopic (exact) mass is 393 g/mol. The molecule has 0 radical (unpaired) electrons. The van der Waals surface area contributed by atoms with Gasteiger partial charge in [0.2, 0.25) is 10.0 Å². The van der Waals surface area contributed by atoms with Crippen LogP contribution in [0.2, 0.25) is 0 Å². The lowest BCUT2D eigenvalue weighted by atomic mass is 10.2. The first-order valence-electron chi connectivity index (χ1n) is 8.52. The molecule has 1 aromatic heterocycles. The van der Waals surface area contributed by atoms with Crippen molar-refractivity contribution in [1.82, 2.24) is 9.29 Å². The molecule has 1 saturated heterocycles. The van der Waals surface area contributed by atoms with Gasteiger partial charge in [0.15, 0.2) is 5.13 Å². The Morgan fingerprint density at radius 2 is 1.92 bits per heavy atom. The molecule has 9 heteroatoms. The molecule has 0 unspecified atom stereocenters. The van der Waals surface area contributed by atoms with Gasteiger partial charge in [-0.05, 0) is 37.1 Å². The molecule has 1 N–H and O–H groups in total. The summed E-state index contributed by atoms with van der Waals surface area (Å²) < 4.78 is 31.9. The number of carbonyl (C=O) groups excluding carboxylic acids is 1. The van der Waals surface area contributed by atoms with Crippen LogP contribution in [0.15, 0.2) is 29.2 Å². The van der Waals surface area contributed by atoms with Crippen molar-refractivity contribution in [3.8, 4) is 0 Å². The van der Waals surface area contributed by atoms with Gasteiger partial charge in [-0.1, -0.05) is 11.3 Å². The number of thiazole rings is 1. The van der Waals surface area contributed by atoms with Crippen LogP contribution in [0, 0.1) is 0 Å². The Morgan fingerprint density at radius 3 is 2.62 bits per heavy atom. The number of fused-ring (bicyclic) bond motifs is 1. The predicted molar refractivity (Wildman–Crippen MR) is 97.9 cm³/mol. The van der Waals surface area contributed by atoms with Crippen molar-refractivity contribution in [3.63, 3.8) is 0 Å². The van der Waals surface area contributed by atoms with Gasteiger partial charge in [-0.15, -0.1) is 0 Å². The third-order valence-corrected chi connectivity index (χ3v) is 7.43. The summed E-state index contributed by atoms with van der Waals surface area (Å²) in [6.07, 6.45) is 2.54. The summed E-state index contributed by atoms with van der Waals surface area (Å²) in [6, 6.07) is 6.05. The first-order valence-corrected chi connectivity index (χ1v) is 10.8. The predicted octanol–water partition coefficient (Wildman–Crippen LogP) is 2.25. The number of hydrogen-bond acceptors (Lipinski definition) is 6. The fraction of sp³-hybridized carbons (Fsp3) is 0.412. The molecular weight excluding hydrogens is 374 g/mol. The van der Waals surface area contributed by atoms with Crippen molar-refractivity contribution in [2.75, 3.05) is 25.0 Å². The molecule has 0 aliphatic carbocycles. The van der Waals surface area contributed by atoms with E-state index in [9.17, 15) is 13.2 Å². The van der Waals surface area contributed by atoms with Crippen molar-refractivity contribution in [2.24, 2.45) is 0 Å². The highest BCUT2D eigenvalue weighted by Crippen LogP contribution is 2.27. The van der Waals surface area contributed by atoms with Crippen LogP contribution in [0.3, 0.4) is 0 Å². The lowest BCUT2D eigenvalue weighted by Crippen LogP contribution is -2.27. The summed E-state index contributed by atoms with van der Waals surface area (Å²) >= 11 is 1.41. The number of anilines is 1. The van der Waals surface area contributed by atoms with Crippen LogP contribution in [0.5, 0.6) is 0 Å². The third kappa shape index (κ3) is 3.39. The van der Waals surface area contributed by atoms with Crippen molar-refractivity contribution < 1.29 is 17.9 Å². The SMILES string of the molecule is O=C(Nc1nc2c(s1)COCC2)c1ccc(S(=O)(=O)N2CCCC2)cc1. The van der Waals surface area contributed by atoms with Gasteiger partial charge in [0, 0.05) is 25.1 Å². The largest absolute Gasteiger partial charge is 0.375 e. The van der Waals surface area contributed by atoms with Crippen LogP contribution in [0.4, 0.5) is 5.13 Å². The van der Waals surface area contributed by atoms with E-state index in [-0.39, 0.29) is 10.8 Å². The van der Waals surface area contributed by atoms with Gasteiger partial charge in [-0.3, -0.25) is 10.1 Å². The van der Waals surface area contributed by atoms with Crippen LogP contribution in [0.1, 0.15) is 33.8 Å². The normalized spacial score (nSPS) is 17.8. The first-order chi connectivity index (χ1) is 12.5. The molecule has 7 nitrogen and oxygen atoms in total. The lowest BCUT2D eigenvalue weighted by Gasteiger charge is -2.15. The summed E-state index contributed by atoms with van der Waals surface area (Å²) in [5.74, 6) is -0.304. The maximum atomic E-state index is 12.5. The van der Waals surface area contributed by atoms with E-state index in [0.717, 1.165) is 29.8 Å². The van der Waals surface area contributed by atoms with E-state index in [1.165, 1.54) is 39.9 Å². The van der Waals surface area contributed by atoms with E-state index in [0.29, 0.717) is 37.0 Å². The number of nitrogens with one attached hydrogen (secondary N) is 1. The number of rotatable bonds is 4. The number of amides is 1. The summed E-state index contributed by atoms with van der Waals surface area (Å²) in [4.78, 5) is 18.1. The zero-order valence-electron chi connectivity index (χ0n) is 14.1. The van der Waals surface area contributed by atoms with Crippen LogP contribution in [0.25, 0.3) is 0 Å². The number of nitrogens with zero attached hydrogens (tertiary/aromatic N) is 2. The number of ether oxygens (including phenoxy) is 1. The zero-order valence-corrected chi connectivity index (χ0v) is 15.7. The standard InChI is InChI=1S/C17H19N3O4S2/c21-16(19-17-18-14-7-10-24-11-15(14)25-17)12-3-5-13(6-4-12)26(22,23)20-8-1-2-9-20/h3-6H,1-2,7-11H2,(H,18,19,21). The van der Waals surface area contributed by atoms with E-state index in [4.69, 9.17) is 4.74 Å². The van der Waals surface area contributed by atoms with Crippen LogP contribution in [-0.4, -0.2) is 43.3 Å². The number of sulfonamides is 1. The van der Waals surface area contributed by atoms with Gasteiger partial charge in [0.1, 0.15) is 0 Å². The molecule has 2 aliphatic heterocycles. The van der Waals surface area contributed by atoms with Gasteiger partial charge in [-0.2, -0.15) is 4.31 Å². The minimum atomic E-state index is -3.46. The molecule has 1 amide bonds. The summed E-state index contributed by atoms with van der Waals surface area (Å²) in [5.41, 5.74) is 1.37. The Hall–Kier alpha value is -1.81. The summed E-state index contributed by atoms with van der Waals surface area (Å²) in [6.45, 7) is 2.30. The minimum Gasteiger partial charge on any atom is -0.375 e. The number of carbonyl (C=O) groups is 1. The summed E-state index contributed by atoms with van der Waals surface area (Å²) in [7, 11) is -3.46. The molecule has 138 valence electrons. The number of hydrogen-bond donors (Lipinski definition) is 1. The van der Waals surface area contributed by atoms with Gasteiger partial charge < -0.3 is 4.74 Å². The molecule has 1 fully saturated rings. The van der Waals surface area contributed by atoms with Gasteiger partial charge in [0.25, 0.3) is 5.91 Å². The molecule has 0 bridgehead atoms. The molecule has 1 aromatic carbocycles. The van der Waals surface area contributed by atoms with Crippen LogP contribution < -0.4 is 5.32 Å². The Morgan fingerprint density at radius 1 is 1.19 bits per heavy atom. The zero-order chi connectivity index (χ0) is 18.1. The van der Waals surface area contributed by atoms with Crippen molar-refractivity contribution in [2.45, 2.75) is 30.8 Å². The highest BCUT2D eigenvalue weighted by Gasteiger charge is 2.27. The Bertz CT molecular complexity index is 892. The number of aromatic nitrogens is 1. The maximum absolute atomic E-state index is 12.5. The first kappa shape index (κ1) is 17.6. The molecule has 0 atom stereocenters. The van der Waals surface area contributed by atoms with Crippen molar-refractivity contribution >= 4 is 32.4 Å². The molecule has 2 aliphatic rings. The Kier molecular flexibility index (Phi) is 4.78. The van der Waals surface area contributed by atoms with Crippen LogP contribution >= 0.6 is 11.3 Å². The van der Waals surface area contributed by atoms with Gasteiger partial charge in [0.05, 0.1) is 28.7 Å². The number of benzene rings is 1. The Balaban J connectivity index is 1.48. The Labute approximate surface area is 156 Å². The fourth-order valence-electron chi connectivity index (χ4n) is 3.10. The third-order valence-electron chi connectivity index (χ3n) is 4.53. The van der Waals surface area contributed by atoms with Crippen molar-refractivity contribution in [1.29, 1.82) is 0 Å².